The van der Waals surface area contributed by atoms with Crippen molar-refractivity contribution in [2.24, 2.45) is 0 Å². The highest BCUT2D eigenvalue weighted by atomic mass is 16.1. The molecule has 1 atom stereocenters. The van der Waals surface area contributed by atoms with Crippen LogP contribution in [0, 0.1) is 12.3 Å². The van der Waals surface area contributed by atoms with Gasteiger partial charge in [-0.2, -0.15) is 0 Å². The van der Waals surface area contributed by atoms with Gasteiger partial charge in [0.1, 0.15) is 0 Å². The zero-order valence-corrected chi connectivity index (χ0v) is 10.6. The maximum absolute atomic E-state index is 12.0. The van der Waals surface area contributed by atoms with E-state index in [1.165, 1.54) is 5.56 Å². The fourth-order valence-electron chi connectivity index (χ4n) is 2.12. The van der Waals surface area contributed by atoms with Crippen molar-refractivity contribution >= 4 is 11.6 Å². The Balaban J connectivity index is 2.14. The van der Waals surface area contributed by atoms with Crippen LogP contribution in [-0.4, -0.2) is 18.5 Å². The number of rotatable bonds is 3. The van der Waals surface area contributed by atoms with Crippen LogP contribution in [0.4, 0.5) is 5.69 Å². The summed E-state index contributed by atoms with van der Waals surface area (Å²) in [6, 6.07) is 5.59. The van der Waals surface area contributed by atoms with Crippen LogP contribution in [0.2, 0.25) is 0 Å². The number of aryl methyl sites for hydroxylation is 1. The summed E-state index contributed by atoms with van der Waals surface area (Å²) in [6.07, 6.45) is 8.23. The molecule has 0 spiro atoms. The second-order valence-electron chi connectivity index (χ2n) is 4.50. The third-order valence-corrected chi connectivity index (χ3v) is 3.22. The van der Waals surface area contributed by atoms with E-state index in [9.17, 15) is 4.79 Å². The first-order valence-electron chi connectivity index (χ1n) is 6.38. The molecule has 1 amide bonds. The molecule has 1 aliphatic rings. The zero-order chi connectivity index (χ0) is 13.0. The molecule has 18 heavy (non-hydrogen) atoms. The normalized spacial score (nSPS) is 14.9. The van der Waals surface area contributed by atoms with E-state index in [2.05, 4.69) is 16.6 Å². The second kappa shape index (κ2) is 5.59. The van der Waals surface area contributed by atoms with Gasteiger partial charge < -0.3 is 10.6 Å². The lowest BCUT2D eigenvalue weighted by Gasteiger charge is -2.19. The summed E-state index contributed by atoms with van der Waals surface area (Å²) in [5.74, 6) is 2.48. The number of hydrogen-bond donors (Lipinski definition) is 2. The lowest BCUT2D eigenvalue weighted by molar-refractivity contribution is 0.0945. The van der Waals surface area contributed by atoms with Gasteiger partial charge in [-0.25, -0.2) is 0 Å². The largest absolute Gasteiger partial charge is 0.385 e. The molecule has 1 aliphatic heterocycles. The van der Waals surface area contributed by atoms with Crippen molar-refractivity contribution in [1.82, 2.24) is 5.32 Å². The Morgan fingerprint density at radius 1 is 1.61 bits per heavy atom. The van der Waals surface area contributed by atoms with Crippen LogP contribution >= 0.6 is 0 Å². The van der Waals surface area contributed by atoms with Crippen molar-refractivity contribution in [2.75, 3.05) is 11.9 Å². The molecule has 0 saturated carbocycles. The molecule has 3 nitrogen and oxygen atoms in total. The predicted molar refractivity (Wildman–Crippen MR) is 73.6 cm³/mol. The number of carbonyl (C=O) groups excluding carboxylic acids is 1. The Hall–Kier alpha value is -1.95. The summed E-state index contributed by atoms with van der Waals surface area (Å²) in [5.41, 5.74) is 3.04. The number of hydrogen-bond acceptors (Lipinski definition) is 2. The van der Waals surface area contributed by atoms with Crippen LogP contribution in [0.5, 0.6) is 0 Å². The van der Waals surface area contributed by atoms with Gasteiger partial charge in [0.15, 0.2) is 0 Å². The highest BCUT2D eigenvalue weighted by Gasteiger charge is 2.14. The van der Waals surface area contributed by atoms with Gasteiger partial charge in [0.25, 0.3) is 5.91 Å². The minimum Gasteiger partial charge on any atom is -0.385 e. The monoisotopic (exact) mass is 242 g/mol. The maximum Gasteiger partial charge on any atom is 0.252 e. The topological polar surface area (TPSA) is 41.1 Å². The number of amides is 1. The lowest BCUT2D eigenvalue weighted by Crippen LogP contribution is -2.33. The minimum absolute atomic E-state index is 0.0897. The van der Waals surface area contributed by atoms with Gasteiger partial charge >= 0.3 is 0 Å². The number of carbonyl (C=O) groups is 1. The van der Waals surface area contributed by atoms with E-state index < -0.39 is 0 Å². The van der Waals surface area contributed by atoms with Gasteiger partial charge in [0.05, 0.1) is 6.04 Å². The Labute approximate surface area is 108 Å². The van der Waals surface area contributed by atoms with Gasteiger partial charge in [-0.05, 0) is 43.0 Å². The molecule has 2 N–H and O–H groups in total. The summed E-state index contributed by atoms with van der Waals surface area (Å²) >= 11 is 0. The average Bonchev–Trinajstić information content (AvgIpc) is 2.44. The SMILES string of the molecule is C#CC(CC)NC(=O)c1ccc2c(c1)CCCN2. The molecular weight excluding hydrogens is 224 g/mol. The second-order valence-corrected chi connectivity index (χ2v) is 4.50. The maximum atomic E-state index is 12.0. The molecule has 0 aliphatic carbocycles. The smallest absolute Gasteiger partial charge is 0.252 e. The van der Waals surface area contributed by atoms with Crippen molar-refractivity contribution in [3.05, 3.63) is 29.3 Å². The Bertz CT molecular complexity index is 488. The Morgan fingerprint density at radius 2 is 2.44 bits per heavy atom. The minimum atomic E-state index is -0.188. The van der Waals surface area contributed by atoms with E-state index in [4.69, 9.17) is 6.42 Å². The Morgan fingerprint density at radius 3 is 3.17 bits per heavy atom. The summed E-state index contributed by atoms with van der Waals surface area (Å²) in [6.45, 7) is 2.97. The van der Waals surface area contributed by atoms with E-state index in [1.54, 1.807) is 0 Å². The number of anilines is 1. The standard InChI is InChI=1S/C15H18N2O/c1-3-13(4-2)17-15(18)12-7-8-14-11(10-12)6-5-9-16-14/h1,7-8,10,13,16H,4-6,9H2,2H3,(H,17,18). The molecule has 1 aromatic carbocycles. The van der Waals surface area contributed by atoms with Crippen molar-refractivity contribution in [2.45, 2.75) is 32.2 Å². The Kier molecular flexibility index (Phi) is 3.88. The molecule has 1 unspecified atom stereocenters. The quantitative estimate of drug-likeness (QED) is 0.798. The highest BCUT2D eigenvalue weighted by Crippen LogP contribution is 2.22. The number of fused-ring (bicyclic) bond motifs is 1. The molecular formula is C15H18N2O. The molecule has 2 rings (SSSR count). The summed E-state index contributed by atoms with van der Waals surface area (Å²) < 4.78 is 0. The van der Waals surface area contributed by atoms with Crippen LogP contribution in [0.15, 0.2) is 18.2 Å². The van der Waals surface area contributed by atoms with Gasteiger partial charge in [-0.15, -0.1) is 6.42 Å². The van der Waals surface area contributed by atoms with E-state index in [0.717, 1.165) is 31.5 Å². The van der Waals surface area contributed by atoms with E-state index >= 15 is 0 Å². The van der Waals surface area contributed by atoms with Crippen LogP contribution in [0.1, 0.15) is 35.7 Å². The highest BCUT2D eigenvalue weighted by molar-refractivity contribution is 5.95. The third kappa shape index (κ3) is 2.65. The van der Waals surface area contributed by atoms with Crippen molar-refractivity contribution in [3.63, 3.8) is 0 Å². The van der Waals surface area contributed by atoms with Gasteiger partial charge in [0.2, 0.25) is 0 Å². The average molecular weight is 242 g/mol. The first-order chi connectivity index (χ1) is 8.74. The zero-order valence-electron chi connectivity index (χ0n) is 10.6. The van der Waals surface area contributed by atoms with Crippen LogP contribution in [0.25, 0.3) is 0 Å². The van der Waals surface area contributed by atoms with E-state index in [1.807, 2.05) is 25.1 Å². The summed E-state index contributed by atoms with van der Waals surface area (Å²) in [7, 11) is 0. The molecule has 3 heteroatoms. The third-order valence-electron chi connectivity index (χ3n) is 3.22. The van der Waals surface area contributed by atoms with Crippen LogP contribution in [0.3, 0.4) is 0 Å². The molecule has 0 bridgehead atoms. The fraction of sp³-hybridized carbons (Fsp3) is 0.400. The van der Waals surface area contributed by atoms with E-state index in [-0.39, 0.29) is 11.9 Å². The fourth-order valence-corrected chi connectivity index (χ4v) is 2.12. The number of nitrogens with one attached hydrogen (secondary N) is 2. The van der Waals surface area contributed by atoms with Crippen molar-refractivity contribution < 1.29 is 4.79 Å². The first kappa shape index (κ1) is 12.5. The summed E-state index contributed by atoms with van der Waals surface area (Å²) in [4.78, 5) is 12.0. The van der Waals surface area contributed by atoms with Crippen molar-refractivity contribution in [3.8, 4) is 12.3 Å². The molecule has 0 aromatic heterocycles. The first-order valence-corrected chi connectivity index (χ1v) is 6.38. The molecule has 0 fully saturated rings. The van der Waals surface area contributed by atoms with Gasteiger partial charge in [0, 0.05) is 17.8 Å². The molecule has 0 saturated heterocycles. The molecule has 1 aromatic rings. The predicted octanol–water partition coefficient (Wildman–Crippen LogP) is 2.19. The van der Waals surface area contributed by atoms with E-state index in [0.29, 0.717) is 5.56 Å². The number of terminal acetylenes is 1. The van der Waals surface area contributed by atoms with Crippen molar-refractivity contribution in [1.29, 1.82) is 0 Å². The van der Waals surface area contributed by atoms with Gasteiger partial charge in [-0.3, -0.25) is 4.79 Å². The van der Waals surface area contributed by atoms with Gasteiger partial charge in [-0.1, -0.05) is 12.8 Å². The lowest BCUT2D eigenvalue weighted by atomic mass is 10.0. The molecule has 94 valence electrons. The van der Waals surface area contributed by atoms with Crippen LogP contribution in [-0.2, 0) is 6.42 Å². The number of benzene rings is 1. The molecule has 1 heterocycles. The summed E-state index contributed by atoms with van der Waals surface area (Å²) in [5, 5.41) is 6.17. The molecule has 0 radical (unpaired) electrons. The van der Waals surface area contributed by atoms with Crippen LogP contribution < -0.4 is 10.6 Å².